The number of aryl methyl sites for hydroxylation is 1. The van der Waals surface area contributed by atoms with Crippen LogP contribution in [0.2, 0.25) is 0 Å². The van der Waals surface area contributed by atoms with Crippen LogP contribution in [0.3, 0.4) is 0 Å². The summed E-state index contributed by atoms with van der Waals surface area (Å²) in [5.74, 6) is -1.70. The Balaban J connectivity index is 2.16. The van der Waals surface area contributed by atoms with Crippen LogP contribution in [0.15, 0.2) is 29.2 Å². The Labute approximate surface area is 157 Å². The first-order valence-corrected chi connectivity index (χ1v) is 9.26. The standard InChI is InChI=1S/C19H25NO5S/c1-12-6-8-14(9-7-12)26-15(21)13-10-19(5,16(22)23)20(11-13)17(24)25-18(2,3)4/h6-9,13H,10-11H2,1-5H3,(H,22,23)/t13-,19+/m1/s1. The maximum Gasteiger partial charge on any atom is 0.411 e. The van der Waals surface area contributed by atoms with Crippen LogP contribution in [0, 0.1) is 12.8 Å². The number of likely N-dealkylation sites (tertiary alicyclic amines) is 1. The van der Waals surface area contributed by atoms with Crippen LogP contribution >= 0.6 is 11.8 Å². The van der Waals surface area contributed by atoms with Crippen LogP contribution in [0.25, 0.3) is 0 Å². The van der Waals surface area contributed by atoms with Crippen molar-refractivity contribution in [3.05, 3.63) is 29.8 Å². The molecule has 1 aromatic carbocycles. The van der Waals surface area contributed by atoms with Crippen LogP contribution in [-0.4, -0.2) is 44.9 Å². The van der Waals surface area contributed by atoms with Gasteiger partial charge in [0.25, 0.3) is 0 Å². The van der Waals surface area contributed by atoms with Crippen molar-refractivity contribution in [3.8, 4) is 0 Å². The predicted octanol–water partition coefficient (Wildman–Crippen LogP) is 3.71. The number of hydrogen-bond donors (Lipinski definition) is 1. The molecule has 0 unspecified atom stereocenters. The molecule has 0 radical (unpaired) electrons. The molecule has 0 bridgehead atoms. The van der Waals surface area contributed by atoms with Gasteiger partial charge in [-0.2, -0.15) is 0 Å². The molecule has 1 saturated heterocycles. The summed E-state index contributed by atoms with van der Waals surface area (Å²) in [5.41, 5.74) is -1.11. The topological polar surface area (TPSA) is 83.9 Å². The smallest absolute Gasteiger partial charge is 0.411 e. The highest BCUT2D eigenvalue weighted by Gasteiger charge is 2.53. The Hall–Kier alpha value is -2.02. The molecule has 142 valence electrons. The molecular weight excluding hydrogens is 354 g/mol. The van der Waals surface area contributed by atoms with Crippen molar-refractivity contribution in [1.82, 2.24) is 4.90 Å². The van der Waals surface area contributed by atoms with Crippen molar-refractivity contribution in [1.29, 1.82) is 0 Å². The molecule has 7 heteroatoms. The number of ether oxygens (including phenoxy) is 1. The Bertz CT molecular complexity index is 710. The van der Waals surface area contributed by atoms with Crippen molar-refractivity contribution in [3.63, 3.8) is 0 Å². The Morgan fingerprint density at radius 3 is 2.31 bits per heavy atom. The van der Waals surface area contributed by atoms with E-state index in [4.69, 9.17) is 4.74 Å². The van der Waals surface area contributed by atoms with Gasteiger partial charge in [0.2, 0.25) is 0 Å². The summed E-state index contributed by atoms with van der Waals surface area (Å²) in [7, 11) is 0. The molecule has 2 atom stereocenters. The van der Waals surface area contributed by atoms with E-state index >= 15 is 0 Å². The van der Waals surface area contributed by atoms with Crippen molar-refractivity contribution in [2.75, 3.05) is 6.54 Å². The predicted molar refractivity (Wildman–Crippen MR) is 99.1 cm³/mol. The van der Waals surface area contributed by atoms with Gasteiger partial charge in [-0.3, -0.25) is 9.69 Å². The fourth-order valence-electron chi connectivity index (χ4n) is 2.84. The third-order valence-electron chi connectivity index (χ3n) is 4.29. The van der Waals surface area contributed by atoms with E-state index in [9.17, 15) is 19.5 Å². The second-order valence-electron chi connectivity index (χ2n) is 7.81. The van der Waals surface area contributed by atoms with Gasteiger partial charge >= 0.3 is 12.1 Å². The first-order valence-electron chi connectivity index (χ1n) is 8.45. The average Bonchev–Trinajstić information content (AvgIpc) is 2.87. The average molecular weight is 379 g/mol. The van der Waals surface area contributed by atoms with Crippen LogP contribution in [0.4, 0.5) is 4.79 Å². The van der Waals surface area contributed by atoms with E-state index in [1.807, 2.05) is 31.2 Å². The van der Waals surface area contributed by atoms with Gasteiger partial charge in [-0.1, -0.05) is 29.5 Å². The largest absolute Gasteiger partial charge is 0.480 e. The Kier molecular flexibility index (Phi) is 5.70. The fraction of sp³-hybridized carbons (Fsp3) is 0.526. The lowest BCUT2D eigenvalue weighted by Crippen LogP contribution is -2.52. The maximum absolute atomic E-state index is 12.7. The first kappa shape index (κ1) is 20.3. The van der Waals surface area contributed by atoms with Crippen LogP contribution in [-0.2, 0) is 14.3 Å². The lowest BCUT2D eigenvalue weighted by molar-refractivity contribution is -0.148. The van der Waals surface area contributed by atoms with Crippen molar-refractivity contribution >= 4 is 28.9 Å². The molecule has 1 N–H and O–H groups in total. The Morgan fingerprint density at radius 2 is 1.81 bits per heavy atom. The summed E-state index contributed by atoms with van der Waals surface area (Å²) >= 11 is 1.08. The number of amides is 1. The minimum Gasteiger partial charge on any atom is -0.480 e. The summed E-state index contributed by atoms with van der Waals surface area (Å²) in [6, 6.07) is 7.54. The highest BCUT2D eigenvalue weighted by atomic mass is 32.2. The van der Waals surface area contributed by atoms with Gasteiger partial charge in [-0.15, -0.1) is 0 Å². The number of thioether (sulfide) groups is 1. The summed E-state index contributed by atoms with van der Waals surface area (Å²) in [6.07, 6.45) is -0.641. The molecule has 2 rings (SSSR count). The minimum absolute atomic E-state index is 0.0371. The van der Waals surface area contributed by atoms with Crippen molar-refractivity contribution in [2.24, 2.45) is 5.92 Å². The summed E-state index contributed by atoms with van der Waals surface area (Å²) in [4.78, 5) is 38.9. The van der Waals surface area contributed by atoms with E-state index in [1.165, 1.54) is 11.8 Å². The molecule has 1 aromatic rings. The second kappa shape index (κ2) is 7.31. The van der Waals surface area contributed by atoms with E-state index in [1.54, 1.807) is 20.8 Å². The quantitative estimate of drug-likeness (QED) is 0.806. The lowest BCUT2D eigenvalue weighted by Gasteiger charge is -2.32. The number of nitrogens with zero attached hydrogens (tertiary/aromatic N) is 1. The van der Waals surface area contributed by atoms with Crippen LogP contribution in [0.1, 0.15) is 39.7 Å². The zero-order valence-corrected chi connectivity index (χ0v) is 16.6. The number of carboxylic acids is 1. The van der Waals surface area contributed by atoms with Gasteiger partial charge in [0.05, 0.1) is 0 Å². The molecule has 1 aliphatic heterocycles. The second-order valence-corrected chi connectivity index (χ2v) is 8.88. The third-order valence-corrected chi connectivity index (χ3v) is 5.33. The highest BCUT2D eigenvalue weighted by molar-refractivity contribution is 8.13. The van der Waals surface area contributed by atoms with Gasteiger partial charge in [-0.25, -0.2) is 9.59 Å². The SMILES string of the molecule is Cc1ccc(SC(=O)[C@H]2CN(C(=O)OC(C)(C)C)[C@](C)(C(=O)O)C2)cc1. The van der Waals surface area contributed by atoms with E-state index in [-0.39, 0.29) is 18.1 Å². The minimum atomic E-state index is -1.46. The molecule has 0 aliphatic carbocycles. The number of carboxylic acid groups (broad SMARTS) is 1. The molecule has 1 amide bonds. The summed E-state index contributed by atoms with van der Waals surface area (Å²) < 4.78 is 5.33. The zero-order valence-electron chi connectivity index (χ0n) is 15.7. The van der Waals surface area contributed by atoms with Crippen LogP contribution in [0.5, 0.6) is 0 Å². The van der Waals surface area contributed by atoms with E-state index < -0.39 is 29.1 Å². The molecule has 6 nitrogen and oxygen atoms in total. The van der Waals surface area contributed by atoms with Gasteiger partial charge in [0, 0.05) is 17.4 Å². The molecular formula is C19H25NO5S. The number of carbonyl (C=O) groups is 3. The molecule has 0 saturated carbocycles. The Morgan fingerprint density at radius 1 is 1.23 bits per heavy atom. The van der Waals surface area contributed by atoms with E-state index in [2.05, 4.69) is 0 Å². The number of benzene rings is 1. The monoisotopic (exact) mass is 379 g/mol. The lowest BCUT2D eigenvalue weighted by atomic mass is 9.95. The van der Waals surface area contributed by atoms with Gasteiger partial charge in [-0.05, 0) is 53.2 Å². The molecule has 1 aliphatic rings. The molecule has 1 fully saturated rings. The molecule has 0 spiro atoms. The number of carbonyl (C=O) groups excluding carboxylic acids is 2. The summed E-state index contributed by atoms with van der Waals surface area (Å²) in [5, 5.41) is 9.50. The third kappa shape index (κ3) is 4.58. The fourth-order valence-corrected chi connectivity index (χ4v) is 3.66. The van der Waals surface area contributed by atoms with E-state index in [0.29, 0.717) is 0 Å². The van der Waals surface area contributed by atoms with Crippen molar-refractivity contribution in [2.45, 2.75) is 57.1 Å². The van der Waals surface area contributed by atoms with Gasteiger partial charge < -0.3 is 9.84 Å². The number of aliphatic carboxylic acids is 1. The van der Waals surface area contributed by atoms with Crippen LogP contribution < -0.4 is 0 Å². The highest BCUT2D eigenvalue weighted by Crippen LogP contribution is 2.38. The maximum atomic E-state index is 12.7. The molecule has 0 aromatic heterocycles. The van der Waals surface area contributed by atoms with Crippen molar-refractivity contribution < 1.29 is 24.2 Å². The van der Waals surface area contributed by atoms with Gasteiger partial charge in [0.15, 0.2) is 5.12 Å². The number of rotatable bonds is 3. The molecule has 26 heavy (non-hydrogen) atoms. The number of hydrogen-bond acceptors (Lipinski definition) is 5. The van der Waals surface area contributed by atoms with E-state index in [0.717, 1.165) is 22.2 Å². The normalized spacial score (nSPS) is 23.0. The summed E-state index contributed by atoms with van der Waals surface area (Å²) in [6.45, 7) is 8.61. The molecule has 1 heterocycles. The zero-order chi connectivity index (χ0) is 19.7. The first-order chi connectivity index (χ1) is 11.9. The van der Waals surface area contributed by atoms with Gasteiger partial charge in [0.1, 0.15) is 11.1 Å².